The maximum absolute atomic E-state index is 11.3. The predicted octanol–water partition coefficient (Wildman–Crippen LogP) is -0.861. The van der Waals surface area contributed by atoms with Crippen LogP contribution in [-0.2, 0) is 15.1 Å². The number of aliphatic carboxylic acids is 1. The van der Waals surface area contributed by atoms with Gasteiger partial charge in [-0.3, -0.25) is 0 Å². The van der Waals surface area contributed by atoms with Crippen LogP contribution >= 0.6 is 0 Å². The summed E-state index contributed by atoms with van der Waals surface area (Å²) in [6.07, 6.45) is -1.71. The molecule has 0 spiro atoms. The third-order valence-electron chi connectivity index (χ3n) is 3.35. The van der Waals surface area contributed by atoms with Gasteiger partial charge in [0.05, 0.1) is 0 Å². The number of aliphatic hydroxyl groups is 1. The van der Waals surface area contributed by atoms with E-state index in [0.717, 1.165) is 0 Å². The predicted molar refractivity (Wildman–Crippen MR) is 75.4 cm³/mol. The molecular weight excluding hydrogens is 279 g/mol. The van der Waals surface area contributed by atoms with Gasteiger partial charge in [-0.1, -0.05) is 60.7 Å². The Morgan fingerprint density at radius 2 is 1.43 bits per heavy atom. The molecule has 4 nitrogen and oxygen atoms in total. The molecule has 106 valence electrons. The van der Waals surface area contributed by atoms with Crippen LogP contribution in [0.1, 0.15) is 12.6 Å². The molecule has 0 aliphatic heterocycles. The smallest absolute Gasteiger partial charge is 1.00 e. The number of aliphatic hydroxyl groups excluding tert-OH is 1. The fraction of sp³-hybridized carbons (Fsp3) is 0.188. The minimum Gasteiger partial charge on any atom is -1.00 e. The number of methoxy groups -OCH3 is 1. The van der Waals surface area contributed by atoms with E-state index >= 15 is 0 Å². The van der Waals surface area contributed by atoms with E-state index in [9.17, 15) is 15.0 Å². The number of rotatable bonds is 5. The zero-order valence-corrected chi connectivity index (χ0v) is 14.1. The molecule has 2 aromatic carbocycles. The summed E-state index contributed by atoms with van der Waals surface area (Å²) >= 11 is 0. The number of ether oxygens (including phenoxy) is 1. The Labute approximate surface area is 147 Å². The van der Waals surface area contributed by atoms with Crippen LogP contribution in [0.25, 0.3) is 0 Å². The first kappa shape index (κ1) is 17.9. The fourth-order valence-electron chi connectivity index (χ4n) is 2.38. The molecule has 2 rings (SSSR count). The summed E-state index contributed by atoms with van der Waals surface area (Å²) < 4.78 is 5.50. The summed E-state index contributed by atoms with van der Waals surface area (Å²) in [7, 11) is 1.40. The van der Waals surface area contributed by atoms with E-state index in [1.807, 2.05) is 12.1 Å². The third-order valence-corrected chi connectivity index (χ3v) is 3.35. The molecular formula is C16H17NaO4. The van der Waals surface area contributed by atoms with Crippen molar-refractivity contribution in [3.05, 3.63) is 71.8 Å². The van der Waals surface area contributed by atoms with E-state index in [1.165, 1.54) is 7.11 Å². The number of carbonyl (C=O) groups is 1. The van der Waals surface area contributed by atoms with Gasteiger partial charge in [-0.2, -0.15) is 0 Å². The Morgan fingerprint density at radius 1 is 1.05 bits per heavy atom. The summed E-state index contributed by atoms with van der Waals surface area (Å²) in [6.45, 7) is 0. The van der Waals surface area contributed by atoms with Crippen molar-refractivity contribution in [3.8, 4) is 0 Å². The molecule has 0 bridgehead atoms. The van der Waals surface area contributed by atoms with Gasteiger partial charge in [-0.25, -0.2) is 4.79 Å². The van der Waals surface area contributed by atoms with Crippen molar-refractivity contribution < 1.29 is 50.7 Å². The van der Waals surface area contributed by atoms with Crippen molar-refractivity contribution in [1.82, 2.24) is 0 Å². The van der Waals surface area contributed by atoms with Crippen molar-refractivity contribution in [2.24, 2.45) is 0 Å². The van der Waals surface area contributed by atoms with Crippen LogP contribution in [-0.4, -0.2) is 29.4 Å². The largest absolute Gasteiger partial charge is 1.00 e. The molecule has 0 radical (unpaired) electrons. The van der Waals surface area contributed by atoms with Gasteiger partial charge in [0.1, 0.15) is 0 Å². The summed E-state index contributed by atoms with van der Waals surface area (Å²) in [5.74, 6) is -1.33. The topological polar surface area (TPSA) is 66.8 Å². The zero-order chi connectivity index (χ0) is 14.6. The maximum atomic E-state index is 11.3. The summed E-state index contributed by atoms with van der Waals surface area (Å²) in [5, 5.41) is 19.5. The van der Waals surface area contributed by atoms with Gasteiger partial charge in [-0.15, -0.1) is 0 Å². The molecule has 0 aliphatic carbocycles. The summed E-state index contributed by atoms with van der Waals surface area (Å²) in [4.78, 5) is 11.3. The number of carboxylic acids is 1. The average Bonchev–Trinajstić information content (AvgIpc) is 2.50. The first-order chi connectivity index (χ1) is 9.63. The van der Waals surface area contributed by atoms with Crippen LogP contribution in [0.5, 0.6) is 0 Å². The average molecular weight is 296 g/mol. The Kier molecular flexibility index (Phi) is 6.58. The monoisotopic (exact) mass is 296 g/mol. The number of benzene rings is 2. The Balaban J connectivity index is 0.00000220. The molecule has 0 heterocycles. The van der Waals surface area contributed by atoms with Crippen LogP contribution in [0.4, 0.5) is 0 Å². The number of carboxylic acid groups (broad SMARTS) is 1. The third kappa shape index (κ3) is 3.36. The second kappa shape index (κ2) is 7.73. The van der Waals surface area contributed by atoms with Gasteiger partial charge in [0, 0.05) is 7.11 Å². The molecule has 1 unspecified atom stereocenters. The van der Waals surface area contributed by atoms with Crippen molar-refractivity contribution in [1.29, 1.82) is 0 Å². The van der Waals surface area contributed by atoms with Crippen LogP contribution in [0.15, 0.2) is 60.7 Å². The fourth-order valence-corrected chi connectivity index (χ4v) is 2.38. The summed E-state index contributed by atoms with van der Waals surface area (Å²) in [5.41, 5.74) is -0.263. The van der Waals surface area contributed by atoms with Crippen molar-refractivity contribution >= 4 is 5.97 Å². The van der Waals surface area contributed by atoms with Gasteiger partial charge < -0.3 is 16.4 Å². The quantitative estimate of drug-likeness (QED) is 0.705. The molecule has 0 amide bonds. The van der Waals surface area contributed by atoms with E-state index in [-0.39, 0.29) is 31.0 Å². The molecule has 5 heteroatoms. The molecule has 1 atom stereocenters. The van der Waals surface area contributed by atoms with Crippen molar-refractivity contribution in [2.45, 2.75) is 11.7 Å². The molecule has 0 fully saturated rings. The summed E-state index contributed by atoms with van der Waals surface area (Å²) in [6, 6.07) is 17.7. The van der Waals surface area contributed by atoms with Gasteiger partial charge in [0.15, 0.2) is 11.7 Å². The molecule has 2 N–H and O–H groups in total. The Hall–Kier alpha value is -1.17. The molecule has 0 saturated carbocycles. The van der Waals surface area contributed by atoms with E-state index < -0.39 is 17.7 Å². The minimum absolute atomic E-state index is 0. The van der Waals surface area contributed by atoms with E-state index in [2.05, 4.69) is 0 Å². The Bertz CT molecular complexity index is 538. The first-order valence-electron chi connectivity index (χ1n) is 6.20. The SMILES string of the molecule is COC(c1ccccc1)(c1ccccc1)C(O)C(=O)O.[H-].[Na+]. The van der Waals surface area contributed by atoms with Crippen LogP contribution in [0, 0.1) is 0 Å². The zero-order valence-electron chi connectivity index (χ0n) is 13.1. The van der Waals surface area contributed by atoms with Gasteiger partial charge in [-0.05, 0) is 11.1 Å². The van der Waals surface area contributed by atoms with E-state index in [1.54, 1.807) is 48.5 Å². The van der Waals surface area contributed by atoms with Gasteiger partial charge in [0.25, 0.3) is 0 Å². The molecule has 0 saturated heterocycles. The van der Waals surface area contributed by atoms with Crippen LogP contribution in [0.3, 0.4) is 0 Å². The van der Waals surface area contributed by atoms with Crippen LogP contribution < -0.4 is 29.6 Å². The standard InChI is InChI=1S/C16H16O4.Na.H/c1-20-16(14(17)15(18)19,12-8-4-2-5-9-12)13-10-6-3-7-11-13;;/h2-11,14,17H,1H3,(H,18,19);;/q;+1;-1. The van der Waals surface area contributed by atoms with E-state index in [4.69, 9.17) is 4.74 Å². The second-order valence-electron chi connectivity index (χ2n) is 4.41. The molecule has 0 aromatic heterocycles. The van der Waals surface area contributed by atoms with Gasteiger partial charge in [0.2, 0.25) is 0 Å². The Morgan fingerprint density at radius 3 is 1.71 bits per heavy atom. The maximum Gasteiger partial charge on any atom is 1.00 e. The number of hydrogen-bond acceptors (Lipinski definition) is 3. The van der Waals surface area contributed by atoms with Crippen LogP contribution in [0.2, 0.25) is 0 Å². The van der Waals surface area contributed by atoms with Crippen molar-refractivity contribution in [3.63, 3.8) is 0 Å². The molecule has 0 aliphatic rings. The van der Waals surface area contributed by atoms with E-state index in [0.29, 0.717) is 11.1 Å². The minimum atomic E-state index is -1.71. The molecule has 2 aromatic rings. The normalized spacial score (nSPS) is 12.3. The molecule has 21 heavy (non-hydrogen) atoms. The van der Waals surface area contributed by atoms with Crippen molar-refractivity contribution in [2.75, 3.05) is 7.11 Å². The van der Waals surface area contributed by atoms with Gasteiger partial charge >= 0.3 is 35.5 Å². The first-order valence-corrected chi connectivity index (χ1v) is 6.20. The number of hydrogen-bond donors (Lipinski definition) is 2. The second-order valence-corrected chi connectivity index (χ2v) is 4.41.